The number of carbonyl (C=O) groups excluding carboxylic acids is 2. The van der Waals surface area contributed by atoms with Crippen molar-refractivity contribution in [2.45, 2.75) is 33.5 Å². The summed E-state index contributed by atoms with van der Waals surface area (Å²) in [5, 5.41) is 14.4. The topological polar surface area (TPSA) is 107 Å². The van der Waals surface area contributed by atoms with Crippen molar-refractivity contribution >= 4 is 29.1 Å². The number of anilines is 1. The fraction of sp³-hybridized carbons (Fsp3) is 0.333. The number of hydrogen-bond donors (Lipinski definition) is 2. The quantitative estimate of drug-likeness (QED) is 0.600. The molecule has 3 aromatic heterocycles. The summed E-state index contributed by atoms with van der Waals surface area (Å²) in [5.41, 5.74) is 0.505. The molecule has 1 atom stereocenters. The van der Waals surface area contributed by atoms with Gasteiger partial charge < -0.3 is 15.1 Å². The lowest BCUT2D eigenvalue weighted by Gasteiger charge is -2.12. The van der Waals surface area contributed by atoms with Gasteiger partial charge in [0.25, 0.3) is 5.91 Å². The molecule has 10 heteroatoms. The summed E-state index contributed by atoms with van der Waals surface area (Å²) in [6.45, 7) is 4.82. The number of amides is 2. The molecule has 9 nitrogen and oxygen atoms in total. The lowest BCUT2D eigenvalue weighted by molar-refractivity contribution is -0.119. The SMILES string of the molecule is CCn1cc(NC(=O)C(C)Cn2cc(Cl)cn2)c(C(=O)NCc2ccco2)n1. The average molecular weight is 405 g/mol. The van der Waals surface area contributed by atoms with Gasteiger partial charge in [-0.1, -0.05) is 18.5 Å². The smallest absolute Gasteiger partial charge is 0.274 e. The Morgan fingerprint density at radius 2 is 2.14 bits per heavy atom. The molecular weight excluding hydrogens is 384 g/mol. The van der Waals surface area contributed by atoms with E-state index in [1.807, 2.05) is 6.92 Å². The zero-order valence-corrected chi connectivity index (χ0v) is 16.3. The van der Waals surface area contributed by atoms with Gasteiger partial charge in [-0.05, 0) is 19.1 Å². The van der Waals surface area contributed by atoms with Gasteiger partial charge in [0.05, 0.1) is 42.2 Å². The molecule has 28 heavy (non-hydrogen) atoms. The van der Waals surface area contributed by atoms with Crippen LogP contribution >= 0.6 is 11.6 Å². The summed E-state index contributed by atoms with van der Waals surface area (Å²) in [4.78, 5) is 25.1. The maximum absolute atomic E-state index is 12.6. The molecule has 0 aliphatic rings. The zero-order chi connectivity index (χ0) is 20.1. The van der Waals surface area contributed by atoms with Gasteiger partial charge in [-0.2, -0.15) is 10.2 Å². The summed E-state index contributed by atoms with van der Waals surface area (Å²) >= 11 is 5.85. The van der Waals surface area contributed by atoms with E-state index >= 15 is 0 Å². The molecule has 0 aromatic carbocycles. The molecule has 0 spiro atoms. The lowest BCUT2D eigenvalue weighted by Crippen LogP contribution is -2.27. The maximum atomic E-state index is 12.6. The van der Waals surface area contributed by atoms with Gasteiger partial charge in [0.2, 0.25) is 5.91 Å². The van der Waals surface area contributed by atoms with E-state index in [2.05, 4.69) is 20.8 Å². The number of halogens is 1. The molecule has 2 N–H and O–H groups in total. The Balaban J connectivity index is 1.67. The first-order valence-electron chi connectivity index (χ1n) is 8.83. The standard InChI is InChI=1S/C18H21ClN6O3/c1-3-24-11-15(16(23-24)18(27)20-8-14-5-4-6-28-14)22-17(26)12(2)9-25-10-13(19)7-21-25/h4-7,10-12H,3,8-9H2,1-2H3,(H,20,27)(H,22,26). The summed E-state index contributed by atoms with van der Waals surface area (Å²) in [6.07, 6.45) is 6.33. The second kappa shape index (κ2) is 8.75. The van der Waals surface area contributed by atoms with Crippen molar-refractivity contribution in [2.24, 2.45) is 5.92 Å². The predicted molar refractivity (Wildman–Crippen MR) is 103 cm³/mol. The third-order valence-electron chi connectivity index (χ3n) is 4.07. The third-order valence-corrected chi connectivity index (χ3v) is 4.27. The number of nitrogens with one attached hydrogen (secondary N) is 2. The molecule has 3 rings (SSSR count). The summed E-state index contributed by atoms with van der Waals surface area (Å²) < 4.78 is 8.39. The van der Waals surface area contributed by atoms with Gasteiger partial charge >= 0.3 is 0 Å². The van der Waals surface area contributed by atoms with Crippen LogP contribution in [0.5, 0.6) is 0 Å². The molecule has 0 saturated carbocycles. The maximum Gasteiger partial charge on any atom is 0.274 e. The molecule has 0 fully saturated rings. The highest BCUT2D eigenvalue weighted by Crippen LogP contribution is 2.16. The van der Waals surface area contributed by atoms with E-state index in [1.54, 1.807) is 40.8 Å². The molecular formula is C18H21ClN6O3. The van der Waals surface area contributed by atoms with E-state index in [0.29, 0.717) is 29.6 Å². The highest BCUT2D eigenvalue weighted by atomic mass is 35.5. The second-order valence-corrected chi connectivity index (χ2v) is 6.72. The molecule has 0 aliphatic carbocycles. The van der Waals surface area contributed by atoms with Crippen LogP contribution in [-0.4, -0.2) is 31.4 Å². The van der Waals surface area contributed by atoms with Crippen molar-refractivity contribution in [1.82, 2.24) is 24.9 Å². The molecule has 148 valence electrons. The van der Waals surface area contributed by atoms with Crippen LogP contribution in [0.3, 0.4) is 0 Å². The molecule has 0 saturated heterocycles. The number of carbonyl (C=O) groups is 2. The van der Waals surface area contributed by atoms with Crippen LogP contribution in [0.1, 0.15) is 30.1 Å². The van der Waals surface area contributed by atoms with Crippen molar-refractivity contribution in [1.29, 1.82) is 0 Å². The number of aryl methyl sites for hydroxylation is 1. The predicted octanol–water partition coefficient (Wildman–Crippen LogP) is 2.55. The van der Waals surface area contributed by atoms with Crippen molar-refractivity contribution in [3.05, 3.63) is 53.5 Å². The van der Waals surface area contributed by atoms with Gasteiger partial charge in [0.1, 0.15) is 5.76 Å². The Bertz CT molecular complexity index is 947. The Hall–Kier alpha value is -3.07. The first kappa shape index (κ1) is 19.7. The van der Waals surface area contributed by atoms with Gasteiger partial charge in [0, 0.05) is 18.9 Å². The van der Waals surface area contributed by atoms with Crippen LogP contribution < -0.4 is 10.6 Å². The van der Waals surface area contributed by atoms with E-state index in [1.165, 1.54) is 12.5 Å². The number of furan rings is 1. The van der Waals surface area contributed by atoms with E-state index in [0.717, 1.165) is 0 Å². The van der Waals surface area contributed by atoms with E-state index in [4.69, 9.17) is 16.0 Å². The minimum atomic E-state index is -0.398. The number of rotatable bonds is 8. The van der Waals surface area contributed by atoms with Crippen LogP contribution in [0.25, 0.3) is 0 Å². The Labute approximate surface area is 166 Å². The van der Waals surface area contributed by atoms with Crippen molar-refractivity contribution in [3.63, 3.8) is 0 Å². The van der Waals surface area contributed by atoms with E-state index in [-0.39, 0.29) is 24.1 Å². The fourth-order valence-electron chi connectivity index (χ4n) is 2.56. The average Bonchev–Trinajstić information content (AvgIpc) is 3.41. The van der Waals surface area contributed by atoms with Crippen LogP contribution in [-0.2, 0) is 24.4 Å². The van der Waals surface area contributed by atoms with Crippen molar-refractivity contribution < 1.29 is 14.0 Å². The number of nitrogens with zero attached hydrogens (tertiary/aromatic N) is 4. The Kier molecular flexibility index (Phi) is 6.15. The third kappa shape index (κ3) is 4.80. The normalized spacial score (nSPS) is 12.0. The number of aromatic nitrogens is 4. The van der Waals surface area contributed by atoms with Crippen LogP contribution in [0, 0.1) is 5.92 Å². The monoisotopic (exact) mass is 404 g/mol. The van der Waals surface area contributed by atoms with Crippen LogP contribution in [0.4, 0.5) is 5.69 Å². The first-order valence-corrected chi connectivity index (χ1v) is 9.21. The van der Waals surface area contributed by atoms with Gasteiger partial charge in [-0.25, -0.2) is 0 Å². The second-order valence-electron chi connectivity index (χ2n) is 6.28. The Morgan fingerprint density at radius 1 is 1.32 bits per heavy atom. The minimum Gasteiger partial charge on any atom is -0.467 e. The summed E-state index contributed by atoms with van der Waals surface area (Å²) in [5.74, 6) is -0.409. The molecule has 3 heterocycles. The fourth-order valence-corrected chi connectivity index (χ4v) is 2.72. The van der Waals surface area contributed by atoms with E-state index in [9.17, 15) is 9.59 Å². The zero-order valence-electron chi connectivity index (χ0n) is 15.6. The highest BCUT2D eigenvalue weighted by Gasteiger charge is 2.21. The summed E-state index contributed by atoms with van der Waals surface area (Å²) in [6, 6.07) is 3.50. The van der Waals surface area contributed by atoms with Crippen LogP contribution in [0.2, 0.25) is 5.02 Å². The van der Waals surface area contributed by atoms with Crippen molar-refractivity contribution in [2.75, 3.05) is 5.32 Å². The van der Waals surface area contributed by atoms with Crippen LogP contribution in [0.15, 0.2) is 41.4 Å². The molecule has 2 amide bonds. The lowest BCUT2D eigenvalue weighted by atomic mass is 10.1. The number of hydrogen-bond acceptors (Lipinski definition) is 5. The largest absolute Gasteiger partial charge is 0.467 e. The van der Waals surface area contributed by atoms with E-state index < -0.39 is 5.91 Å². The molecule has 3 aromatic rings. The Morgan fingerprint density at radius 3 is 2.79 bits per heavy atom. The first-order chi connectivity index (χ1) is 13.5. The molecule has 0 aliphatic heterocycles. The summed E-state index contributed by atoms with van der Waals surface area (Å²) in [7, 11) is 0. The molecule has 0 radical (unpaired) electrons. The molecule has 0 bridgehead atoms. The highest BCUT2D eigenvalue weighted by molar-refractivity contribution is 6.30. The van der Waals surface area contributed by atoms with Gasteiger partial charge in [-0.15, -0.1) is 0 Å². The van der Waals surface area contributed by atoms with Gasteiger partial charge in [0.15, 0.2) is 5.69 Å². The molecule has 1 unspecified atom stereocenters. The van der Waals surface area contributed by atoms with Crippen molar-refractivity contribution in [3.8, 4) is 0 Å². The van der Waals surface area contributed by atoms with Gasteiger partial charge in [-0.3, -0.25) is 19.0 Å². The minimum absolute atomic E-state index is 0.149.